The lowest BCUT2D eigenvalue weighted by Crippen LogP contribution is -2.49. The first-order chi connectivity index (χ1) is 14.3. The van der Waals surface area contributed by atoms with E-state index < -0.39 is 0 Å². The fourth-order valence-electron chi connectivity index (χ4n) is 4.04. The lowest BCUT2D eigenvalue weighted by atomic mass is 9.99. The average molecular weight is 405 g/mol. The molecule has 0 spiro atoms. The SMILES string of the molecule is O=C(NCCc1ccccc1)C1CCCCN1Cc1ccc(-c2ccsc2)cc1. The van der Waals surface area contributed by atoms with Gasteiger partial charge in [0.15, 0.2) is 0 Å². The third-order valence-corrected chi connectivity index (χ3v) is 6.35. The number of nitrogens with zero attached hydrogens (tertiary/aromatic N) is 1. The number of rotatable bonds is 7. The average Bonchev–Trinajstić information content (AvgIpc) is 3.30. The highest BCUT2D eigenvalue weighted by atomic mass is 32.1. The molecule has 0 saturated carbocycles. The molecule has 4 heteroatoms. The van der Waals surface area contributed by atoms with Crippen molar-refractivity contribution < 1.29 is 4.79 Å². The van der Waals surface area contributed by atoms with Crippen LogP contribution in [0.3, 0.4) is 0 Å². The summed E-state index contributed by atoms with van der Waals surface area (Å²) < 4.78 is 0. The first-order valence-corrected chi connectivity index (χ1v) is 11.4. The van der Waals surface area contributed by atoms with Crippen LogP contribution in [-0.4, -0.2) is 29.9 Å². The van der Waals surface area contributed by atoms with Crippen LogP contribution in [0.15, 0.2) is 71.4 Å². The second-order valence-electron chi connectivity index (χ2n) is 7.72. The molecule has 1 amide bonds. The van der Waals surface area contributed by atoms with Crippen LogP contribution in [0.2, 0.25) is 0 Å². The molecule has 1 aliphatic heterocycles. The van der Waals surface area contributed by atoms with Gasteiger partial charge in [-0.05, 0) is 64.9 Å². The summed E-state index contributed by atoms with van der Waals surface area (Å²) in [6, 6.07) is 21.3. The van der Waals surface area contributed by atoms with Crippen molar-refractivity contribution in [3.63, 3.8) is 0 Å². The van der Waals surface area contributed by atoms with E-state index in [4.69, 9.17) is 0 Å². The van der Waals surface area contributed by atoms with Gasteiger partial charge in [-0.1, -0.05) is 61.0 Å². The highest BCUT2D eigenvalue weighted by Gasteiger charge is 2.28. The summed E-state index contributed by atoms with van der Waals surface area (Å²) in [5.41, 5.74) is 5.06. The standard InChI is InChI=1S/C25H28N2OS/c28-25(26-15-13-20-6-2-1-3-7-20)24-8-4-5-16-27(24)18-21-9-11-22(12-10-21)23-14-17-29-19-23/h1-3,6-7,9-12,14,17,19,24H,4-5,8,13,15-16,18H2,(H,26,28). The van der Waals surface area contributed by atoms with E-state index in [1.165, 1.54) is 28.7 Å². The van der Waals surface area contributed by atoms with Crippen LogP contribution in [0.5, 0.6) is 0 Å². The largest absolute Gasteiger partial charge is 0.354 e. The second kappa shape index (κ2) is 9.86. The maximum Gasteiger partial charge on any atom is 0.237 e. The molecule has 1 fully saturated rings. The predicted molar refractivity (Wildman–Crippen MR) is 121 cm³/mol. The zero-order valence-corrected chi connectivity index (χ0v) is 17.5. The topological polar surface area (TPSA) is 32.3 Å². The smallest absolute Gasteiger partial charge is 0.237 e. The van der Waals surface area contributed by atoms with E-state index in [0.29, 0.717) is 6.54 Å². The highest BCUT2D eigenvalue weighted by Crippen LogP contribution is 2.24. The summed E-state index contributed by atoms with van der Waals surface area (Å²) in [5, 5.41) is 7.45. The lowest BCUT2D eigenvalue weighted by Gasteiger charge is -2.34. The molecule has 3 nitrogen and oxygen atoms in total. The van der Waals surface area contributed by atoms with Crippen molar-refractivity contribution in [2.24, 2.45) is 0 Å². The van der Waals surface area contributed by atoms with Crippen LogP contribution in [0.4, 0.5) is 0 Å². The summed E-state index contributed by atoms with van der Waals surface area (Å²) in [6.45, 7) is 2.52. The van der Waals surface area contributed by atoms with Crippen LogP contribution >= 0.6 is 11.3 Å². The Hall–Kier alpha value is -2.43. The molecule has 2 heterocycles. The summed E-state index contributed by atoms with van der Waals surface area (Å²) in [7, 11) is 0. The van der Waals surface area contributed by atoms with Gasteiger partial charge in [-0.3, -0.25) is 9.69 Å². The number of hydrogen-bond acceptors (Lipinski definition) is 3. The molecule has 4 rings (SSSR count). The van der Waals surface area contributed by atoms with E-state index in [-0.39, 0.29) is 11.9 Å². The van der Waals surface area contributed by atoms with Gasteiger partial charge in [-0.15, -0.1) is 0 Å². The van der Waals surface area contributed by atoms with Gasteiger partial charge in [0.05, 0.1) is 6.04 Å². The van der Waals surface area contributed by atoms with Crippen molar-refractivity contribution in [2.75, 3.05) is 13.1 Å². The first-order valence-electron chi connectivity index (χ1n) is 10.5. The highest BCUT2D eigenvalue weighted by molar-refractivity contribution is 7.08. The number of benzene rings is 2. The summed E-state index contributed by atoms with van der Waals surface area (Å²) in [4.78, 5) is 15.2. The van der Waals surface area contributed by atoms with Gasteiger partial charge in [0.1, 0.15) is 0 Å². The van der Waals surface area contributed by atoms with E-state index in [2.05, 4.69) is 63.4 Å². The Morgan fingerprint density at radius 1 is 0.966 bits per heavy atom. The predicted octanol–water partition coefficient (Wildman–Crippen LogP) is 5.13. The maximum absolute atomic E-state index is 12.8. The van der Waals surface area contributed by atoms with E-state index >= 15 is 0 Å². The Morgan fingerprint density at radius 2 is 1.79 bits per heavy atom. The molecular formula is C25H28N2OS. The fraction of sp³-hybridized carbons (Fsp3) is 0.320. The van der Waals surface area contributed by atoms with Crippen molar-refractivity contribution in [1.29, 1.82) is 0 Å². The number of nitrogens with one attached hydrogen (secondary N) is 1. The van der Waals surface area contributed by atoms with Crippen molar-refractivity contribution in [1.82, 2.24) is 10.2 Å². The van der Waals surface area contributed by atoms with Gasteiger partial charge in [-0.25, -0.2) is 0 Å². The fourth-order valence-corrected chi connectivity index (χ4v) is 4.70. The van der Waals surface area contributed by atoms with Crippen LogP contribution < -0.4 is 5.32 Å². The van der Waals surface area contributed by atoms with Crippen LogP contribution in [-0.2, 0) is 17.8 Å². The van der Waals surface area contributed by atoms with Crippen molar-refractivity contribution >= 4 is 17.2 Å². The third kappa shape index (κ3) is 5.34. The number of piperidine rings is 1. The third-order valence-electron chi connectivity index (χ3n) is 5.67. The number of carbonyl (C=O) groups excluding carboxylic acids is 1. The van der Waals surface area contributed by atoms with E-state index in [0.717, 1.165) is 32.4 Å². The van der Waals surface area contributed by atoms with Crippen molar-refractivity contribution in [2.45, 2.75) is 38.3 Å². The Morgan fingerprint density at radius 3 is 2.55 bits per heavy atom. The molecule has 0 bridgehead atoms. The van der Waals surface area contributed by atoms with Gasteiger partial charge < -0.3 is 5.32 Å². The second-order valence-corrected chi connectivity index (χ2v) is 8.50. The minimum atomic E-state index is -0.0175. The van der Waals surface area contributed by atoms with E-state index in [1.807, 2.05) is 18.2 Å². The van der Waals surface area contributed by atoms with E-state index in [9.17, 15) is 4.79 Å². The zero-order valence-electron chi connectivity index (χ0n) is 16.7. The number of carbonyl (C=O) groups is 1. The molecule has 3 aromatic rings. The van der Waals surface area contributed by atoms with Gasteiger partial charge >= 0.3 is 0 Å². The summed E-state index contributed by atoms with van der Waals surface area (Å²) >= 11 is 1.72. The zero-order chi connectivity index (χ0) is 19.9. The molecule has 1 aromatic heterocycles. The first kappa shape index (κ1) is 19.9. The van der Waals surface area contributed by atoms with Crippen molar-refractivity contribution in [3.8, 4) is 11.1 Å². The maximum atomic E-state index is 12.8. The molecule has 1 unspecified atom stereocenters. The quantitative estimate of drug-likeness (QED) is 0.592. The molecule has 0 radical (unpaired) electrons. The summed E-state index contributed by atoms with van der Waals surface area (Å²) in [6.07, 6.45) is 4.12. The molecular weight excluding hydrogens is 376 g/mol. The molecule has 29 heavy (non-hydrogen) atoms. The minimum Gasteiger partial charge on any atom is -0.354 e. The number of amides is 1. The van der Waals surface area contributed by atoms with Gasteiger partial charge in [-0.2, -0.15) is 11.3 Å². The molecule has 1 atom stereocenters. The Labute approximate surface area is 177 Å². The minimum absolute atomic E-state index is 0.0175. The molecule has 1 aliphatic rings. The monoisotopic (exact) mass is 404 g/mol. The Bertz CT molecular complexity index is 890. The Balaban J connectivity index is 1.33. The summed E-state index contributed by atoms with van der Waals surface area (Å²) in [5.74, 6) is 0.176. The molecule has 1 saturated heterocycles. The molecule has 1 N–H and O–H groups in total. The van der Waals surface area contributed by atoms with Gasteiger partial charge in [0.25, 0.3) is 0 Å². The van der Waals surface area contributed by atoms with Gasteiger partial charge in [0.2, 0.25) is 5.91 Å². The molecule has 0 aliphatic carbocycles. The van der Waals surface area contributed by atoms with Crippen LogP contribution in [0.25, 0.3) is 11.1 Å². The molecule has 150 valence electrons. The lowest BCUT2D eigenvalue weighted by molar-refractivity contribution is -0.127. The van der Waals surface area contributed by atoms with Crippen molar-refractivity contribution in [3.05, 3.63) is 82.6 Å². The van der Waals surface area contributed by atoms with Gasteiger partial charge in [0, 0.05) is 13.1 Å². The Kier molecular flexibility index (Phi) is 6.75. The number of likely N-dealkylation sites (tertiary alicyclic amines) is 1. The van der Waals surface area contributed by atoms with Crippen LogP contribution in [0.1, 0.15) is 30.4 Å². The van der Waals surface area contributed by atoms with E-state index in [1.54, 1.807) is 11.3 Å². The molecule has 2 aromatic carbocycles. The van der Waals surface area contributed by atoms with Crippen LogP contribution in [0, 0.1) is 0 Å². The normalized spacial score (nSPS) is 17.2. The number of hydrogen-bond donors (Lipinski definition) is 1. The number of thiophene rings is 1.